The van der Waals surface area contributed by atoms with Crippen LogP contribution >= 0.6 is 11.6 Å². The number of hydrogen-bond donors (Lipinski definition) is 5. The molecule has 4 aromatic carbocycles. The number of benzene rings is 4. The van der Waals surface area contributed by atoms with Crippen molar-refractivity contribution in [3.05, 3.63) is 87.9 Å². The molecule has 0 aromatic heterocycles. The molecule has 0 spiro atoms. The number of phenolic OH excluding ortho intramolecular Hbond substituents is 1. The summed E-state index contributed by atoms with van der Waals surface area (Å²) < 4.78 is 53.4. The quantitative estimate of drug-likeness (QED) is 0.0532. The monoisotopic (exact) mass is 950 g/mol. The van der Waals surface area contributed by atoms with Crippen molar-refractivity contribution in [3.63, 3.8) is 0 Å². The lowest BCUT2D eigenvalue weighted by Crippen LogP contribution is -2.56. The Morgan fingerprint density at radius 1 is 0.758 bits per heavy atom. The van der Waals surface area contributed by atoms with Crippen LogP contribution in [-0.4, -0.2) is 99.3 Å². The molecular weight excluding hydrogens is 892 g/mol. The van der Waals surface area contributed by atoms with Crippen LogP contribution in [0.4, 0.5) is 0 Å². The van der Waals surface area contributed by atoms with Gasteiger partial charge in [0.25, 0.3) is 0 Å². The number of amides is 3. The third-order valence-electron chi connectivity index (χ3n) is 12.0. The zero-order chi connectivity index (χ0) is 48.1. The molecule has 0 saturated carbocycles. The van der Waals surface area contributed by atoms with E-state index in [1.807, 2.05) is 33.9 Å². The number of halogens is 1. The van der Waals surface area contributed by atoms with Crippen molar-refractivity contribution >= 4 is 37.6 Å². The van der Waals surface area contributed by atoms with Gasteiger partial charge in [-0.15, -0.1) is 0 Å². The Morgan fingerprint density at radius 2 is 1.48 bits per heavy atom. The summed E-state index contributed by atoms with van der Waals surface area (Å²) in [5.41, 5.74) is 8.83. The molecule has 7 rings (SSSR count). The number of methoxy groups -OCH3 is 5. The van der Waals surface area contributed by atoms with Crippen LogP contribution < -0.4 is 45.4 Å². The highest BCUT2D eigenvalue weighted by Gasteiger charge is 2.45. The molecule has 19 heteroatoms. The largest absolute Gasteiger partial charge is 0.504 e. The van der Waals surface area contributed by atoms with Crippen LogP contribution in [0.1, 0.15) is 67.3 Å². The topological polar surface area (TPSA) is 217 Å². The summed E-state index contributed by atoms with van der Waals surface area (Å²) in [6.45, 7) is 10.5. The SMILES string of the molecule is COCCOCOCC1NC(=O)[C@H]2NC(=O)[C@H](NC(=O)[C@H](N)c3cc(O)c(OC)c(c3)Oc3ccc(cc3Cl)[C@H]2O[Si](C)(C)C(C)(C)C)c2ccc(OC)c(c2)-c2c(OC)cc(OC)cc21. The predicted octanol–water partition coefficient (Wildman–Crippen LogP) is 6.77. The molecule has 17 nitrogen and oxygen atoms in total. The van der Waals surface area contributed by atoms with Gasteiger partial charge in [-0.2, -0.15) is 0 Å². The van der Waals surface area contributed by atoms with E-state index in [2.05, 4.69) is 16.0 Å². The highest BCUT2D eigenvalue weighted by Crippen LogP contribution is 2.47. The Balaban J connectivity index is 1.67. The predicted molar refractivity (Wildman–Crippen MR) is 248 cm³/mol. The van der Waals surface area contributed by atoms with Gasteiger partial charge in [-0.1, -0.05) is 44.5 Å². The molecular formula is C47H59ClN4O13Si. The maximum absolute atomic E-state index is 15.5. The summed E-state index contributed by atoms with van der Waals surface area (Å²) in [4.78, 5) is 45.1. The molecule has 0 radical (unpaired) electrons. The van der Waals surface area contributed by atoms with Crippen LogP contribution in [0.5, 0.6) is 40.2 Å². The maximum atomic E-state index is 15.5. The summed E-state index contributed by atoms with van der Waals surface area (Å²) in [6, 6.07) is 10.6. The first-order valence-corrected chi connectivity index (χ1v) is 24.5. The van der Waals surface area contributed by atoms with E-state index in [-0.39, 0.29) is 64.2 Å². The first-order valence-electron chi connectivity index (χ1n) is 21.2. The maximum Gasteiger partial charge on any atom is 0.247 e. The van der Waals surface area contributed by atoms with Gasteiger partial charge in [0, 0.05) is 24.3 Å². The summed E-state index contributed by atoms with van der Waals surface area (Å²) in [6.07, 6.45) is -1.19. The van der Waals surface area contributed by atoms with E-state index in [1.54, 1.807) is 55.6 Å². The lowest BCUT2D eigenvalue weighted by Gasteiger charge is -2.42. The average molecular weight is 952 g/mol. The van der Waals surface area contributed by atoms with Gasteiger partial charge in [0.05, 0.1) is 65.4 Å². The minimum atomic E-state index is -2.84. The Morgan fingerprint density at radius 3 is 2.14 bits per heavy atom. The second-order valence-electron chi connectivity index (χ2n) is 17.3. The Bertz CT molecular complexity index is 2430. The Labute approximate surface area is 390 Å². The minimum absolute atomic E-state index is 0.00153. The van der Waals surface area contributed by atoms with Crippen LogP contribution in [0.3, 0.4) is 0 Å². The van der Waals surface area contributed by atoms with E-state index in [4.69, 9.17) is 59.7 Å². The number of hydrogen-bond acceptors (Lipinski definition) is 14. The number of carbonyl (C=O) groups is 3. The van der Waals surface area contributed by atoms with Gasteiger partial charge in [0.1, 0.15) is 47.9 Å². The second kappa shape index (κ2) is 20.9. The van der Waals surface area contributed by atoms with Crippen molar-refractivity contribution in [1.82, 2.24) is 16.0 Å². The lowest BCUT2D eigenvalue weighted by atomic mass is 9.89. The van der Waals surface area contributed by atoms with Crippen molar-refractivity contribution in [2.75, 3.05) is 62.2 Å². The lowest BCUT2D eigenvalue weighted by molar-refractivity contribution is -0.135. The first-order chi connectivity index (χ1) is 31.4. The number of nitrogens with one attached hydrogen (secondary N) is 3. The van der Waals surface area contributed by atoms with E-state index in [0.29, 0.717) is 46.1 Å². The van der Waals surface area contributed by atoms with Gasteiger partial charge < -0.3 is 69.1 Å². The molecule has 0 aliphatic carbocycles. The summed E-state index contributed by atoms with van der Waals surface area (Å²) in [7, 11) is 4.55. The van der Waals surface area contributed by atoms with E-state index in [9.17, 15) is 9.90 Å². The zero-order valence-electron chi connectivity index (χ0n) is 38.8. The zero-order valence-corrected chi connectivity index (χ0v) is 40.5. The Hall–Kier alpha value is -5.60. The number of aromatic hydroxyl groups is 1. The highest BCUT2D eigenvalue weighted by molar-refractivity contribution is 6.74. The van der Waals surface area contributed by atoms with Crippen LogP contribution in [-0.2, 0) is 33.0 Å². The van der Waals surface area contributed by atoms with Crippen LogP contribution in [0.2, 0.25) is 23.2 Å². The van der Waals surface area contributed by atoms with Gasteiger partial charge in [-0.3, -0.25) is 14.4 Å². The van der Waals surface area contributed by atoms with Crippen molar-refractivity contribution < 1.29 is 61.8 Å². The van der Waals surface area contributed by atoms with Gasteiger partial charge in [-0.05, 0) is 82.9 Å². The van der Waals surface area contributed by atoms with Crippen molar-refractivity contribution in [1.29, 1.82) is 0 Å². The summed E-state index contributed by atoms with van der Waals surface area (Å²) >= 11 is 7.01. The van der Waals surface area contributed by atoms with Gasteiger partial charge in [-0.25, -0.2) is 0 Å². The fraction of sp³-hybridized carbons (Fsp3) is 0.426. The smallest absolute Gasteiger partial charge is 0.247 e. The van der Waals surface area contributed by atoms with Crippen molar-refractivity contribution in [2.24, 2.45) is 5.73 Å². The van der Waals surface area contributed by atoms with Crippen LogP contribution in [0.15, 0.2) is 60.7 Å². The number of carbonyl (C=O) groups excluding carboxylic acids is 3. The van der Waals surface area contributed by atoms with E-state index in [0.717, 1.165) is 0 Å². The van der Waals surface area contributed by atoms with E-state index >= 15 is 9.59 Å². The highest BCUT2D eigenvalue weighted by atomic mass is 35.5. The molecule has 66 heavy (non-hydrogen) atoms. The van der Waals surface area contributed by atoms with Gasteiger partial charge in [0.2, 0.25) is 23.5 Å². The number of nitrogens with two attached hydrogens (primary N) is 1. The Kier molecular flexibility index (Phi) is 15.8. The first kappa shape index (κ1) is 49.8. The van der Waals surface area contributed by atoms with Gasteiger partial charge in [0.15, 0.2) is 19.8 Å². The molecule has 4 aromatic rings. The van der Waals surface area contributed by atoms with E-state index < -0.39 is 56.3 Å². The van der Waals surface area contributed by atoms with E-state index in [1.165, 1.54) is 40.6 Å². The second-order valence-corrected chi connectivity index (χ2v) is 22.4. The number of fused-ring (bicyclic) bond motifs is 8. The summed E-state index contributed by atoms with van der Waals surface area (Å²) in [5.74, 6) is -1.45. The fourth-order valence-corrected chi connectivity index (χ4v) is 8.92. The molecule has 3 aliphatic heterocycles. The molecule has 5 atom stereocenters. The fourth-order valence-electron chi connectivity index (χ4n) is 7.44. The van der Waals surface area contributed by atoms with Gasteiger partial charge >= 0.3 is 0 Å². The number of rotatable bonds is 13. The summed E-state index contributed by atoms with van der Waals surface area (Å²) in [5, 5.41) is 19.8. The standard InChI is InChI=1S/C47H59ClN4O13Si/c1-47(2,3)66(9,10)65-42-26-12-14-35(31(48)18-26)64-37-20-27(19-33(53)43(37)61-8)39(49)44(54)51-40-25-11-13-34(59-6)30(17-25)38-29(21-28(58-5)22-36(38)60-7)32(23-63-24-62-16-15-57-4)50-46(56)41(42)52-45(40)55/h11-14,17-22,32,39-42,53H,15-16,23-24,49H2,1-10H3,(H,50,56)(H,51,54)(H,52,55)/t32?,39-,40-,41+,42-/m1/s1. The molecule has 0 saturated heterocycles. The van der Waals surface area contributed by atoms with Crippen molar-refractivity contribution in [3.8, 4) is 51.4 Å². The molecule has 3 amide bonds. The minimum Gasteiger partial charge on any atom is -0.504 e. The van der Waals surface area contributed by atoms with Crippen molar-refractivity contribution in [2.45, 2.75) is 69.2 Å². The number of phenols is 1. The normalized spacial score (nSPS) is 19.9. The number of ether oxygens (including phenoxy) is 8. The molecule has 6 N–H and O–H groups in total. The third-order valence-corrected chi connectivity index (χ3v) is 16.8. The average Bonchev–Trinajstić information content (AvgIpc) is 3.28. The molecule has 1 unspecified atom stereocenters. The molecule has 356 valence electrons. The molecule has 3 heterocycles. The van der Waals surface area contributed by atoms with Crippen LogP contribution in [0, 0.1) is 0 Å². The molecule has 0 fully saturated rings. The third kappa shape index (κ3) is 10.7. The molecule has 3 aliphatic rings. The van der Waals surface area contributed by atoms with Crippen LogP contribution in [0.25, 0.3) is 11.1 Å². The molecule has 8 bridgehead atoms.